The molecule has 0 fully saturated rings. The number of nitrogens with zero attached hydrogens (tertiary/aromatic N) is 1. The second kappa shape index (κ2) is 5.13. The predicted octanol–water partition coefficient (Wildman–Crippen LogP) is 0.744. The summed E-state index contributed by atoms with van der Waals surface area (Å²) in [5, 5.41) is 0. The Morgan fingerprint density at radius 2 is 1.62 bits per heavy atom. The van der Waals surface area contributed by atoms with E-state index in [1.165, 1.54) is 0 Å². The Hall–Kier alpha value is -0.0171. The van der Waals surface area contributed by atoms with Crippen molar-refractivity contribution in [1.82, 2.24) is 3.86 Å². The minimum atomic E-state index is 0.937. The fraction of sp³-hybridized carbons (Fsp3) is 0.333. The normalized spacial score (nSPS) is 9.25. The Morgan fingerprint density at radius 3 is 1.88 bits per heavy atom. The zero-order valence-corrected chi connectivity index (χ0v) is 7.03. The second-order valence-electron chi connectivity index (χ2n) is 1.48. The van der Waals surface area contributed by atoms with Crippen molar-refractivity contribution in [3.05, 3.63) is 25.3 Å². The van der Waals surface area contributed by atoms with Gasteiger partial charge in [0, 0.05) is 0 Å². The van der Waals surface area contributed by atoms with Gasteiger partial charge in [-0.15, -0.1) is 0 Å². The molecule has 0 aromatic carbocycles. The number of hydrogen-bond donors (Lipinski definition) is 0. The molecule has 2 heteroatoms. The summed E-state index contributed by atoms with van der Waals surface area (Å²) in [6.07, 6.45) is 3.76. The SMILES string of the molecule is C=CC[N]([Ge])CC=C. The van der Waals surface area contributed by atoms with Gasteiger partial charge in [-0.1, -0.05) is 0 Å². The van der Waals surface area contributed by atoms with E-state index in [1.807, 2.05) is 28.9 Å². The zero-order chi connectivity index (χ0) is 6.41. The first kappa shape index (κ1) is 7.98. The van der Waals surface area contributed by atoms with Crippen molar-refractivity contribution in [1.29, 1.82) is 0 Å². The summed E-state index contributed by atoms with van der Waals surface area (Å²) in [6.45, 7) is 9.09. The molecule has 0 heterocycles. The van der Waals surface area contributed by atoms with E-state index in [1.54, 1.807) is 0 Å². The monoisotopic (exact) mass is 170 g/mol. The summed E-state index contributed by atoms with van der Waals surface area (Å²) >= 11 is 2.03. The molecule has 0 aliphatic rings. The molecule has 0 spiro atoms. The van der Waals surface area contributed by atoms with Crippen LogP contribution in [0.15, 0.2) is 25.3 Å². The Morgan fingerprint density at radius 1 is 1.25 bits per heavy atom. The predicted molar refractivity (Wildman–Crippen MR) is 37.7 cm³/mol. The first-order valence-electron chi connectivity index (χ1n) is 2.49. The van der Waals surface area contributed by atoms with Gasteiger partial charge in [0.15, 0.2) is 0 Å². The van der Waals surface area contributed by atoms with Gasteiger partial charge in [0.05, 0.1) is 0 Å². The summed E-state index contributed by atoms with van der Waals surface area (Å²) < 4.78 is 2.12. The van der Waals surface area contributed by atoms with Crippen LogP contribution in [0.4, 0.5) is 0 Å². The first-order valence-corrected chi connectivity index (χ1v) is 3.43. The van der Waals surface area contributed by atoms with E-state index in [0.717, 1.165) is 13.1 Å². The van der Waals surface area contributed by atoms with Gasteiger partial charge in [0.2, 0.25) is 0 Å². The van der Waals surface area contributed by atoms with E-state index < -0.39 is 0 Å². The minimum absolute atomic E-state index is 0.937. The van der Waals surface area contributed by atoms with Crippen molar-refractivity contribution in [2.24, 2.45) is 0 Å². The summed E-state index contributed by atoms with van der Waals surface area (Å²) in [7, 11) is 0. The Labute approximate surface area is 59.5 Å². The molecule has 0 aliphatic heterocycles. The average Bonchev–Trinajstić information content (AvgIpc) is 1.68. The van der Waals surface area contributed by atoms with E-state index >= 15 is 0 Å². The molecule has 8 heavy (non-hydrogen) atoms. The van der Waals surface area contributed by atoms with Crippen LogP contribution in [-0.4, -0.2) is 33.7 Å². The molecule has 0 aromatic rings. The molecule has 0 aliphatic carbocycles. The van der Waals surface area contributed by atoms with Crippen LogP contribution >= 0.6 is 0 Å². The van der Waals surface area contributed by atoms with Crippen molar-refractivity contribution in [3.63, 3.8) is 0 Å². The summed E-state index contributed by atoms with van der Waals surface area (Å²) in [6, 6.07) is 0. The average molecular weight is 169 g/mol. The van der Waals surface area contributed by atoms with E-state index in [0.29, 0.717) is 0 Å². The van der Waals surface area contributed by atoms with Crippen molar-refractivity contribution < 1.29 is 0 Å². The topological polar surface area (TPSA) is 3.24 Å². The maximum atomic E-state index is 3.61. The van der Waals surface area contributed by atoms with Crippen molar-refractivity contribution >= 4 is 16.7 Å². The van der Waals surface area contributed by atoms with E-state index in [9.17, 15) is 0 Å². The second-order valence-corrected chi connectivity index (χ2v) is 2.81. The Bertz CT molecular complexity index is 70.6. The molecule has 0 saturated carbocycles. The molecule has 0 atom stereocenters. The summed E-state index contributed by atoms with van der Waals surface area (Å²) in [5.74, 6) is 0. The van der Waals surface area contributed by atoms with E-state index in [-0.39, 0.29) is 0 Å². The number of rotatable bonds is 4. The fourth-order valence-corrected chi connectivity index (χ4v) is 0.928. The van der Waals surface area contributed by atoms with Gasteiger partial charge >= 0.3 is 59.0 Å². The molecule has 0 rings (SSSR count). The van der Waals surface area contributed by atoms with Gasteiger partial charge in [-0.2, -0.15) is 0 Å². The zero-order valence-electron chi connectivity index (χ0n) is 4.93. The maximum absolute atomic E-state index is 3.61. The van der Waals surface area contributed by atoms with Crippen LogP contribution in [0.2, 0.25) is 0 Å². The van der Waals surface area contributed by atoms with Gasteiger partial charge in [-0.3, -0.25) is 0 Å². The third kappa shape index (κ3) is 4.15. The third-order valence-electron chi connectivity index (χ3n) is 0.699. The Kier molecular flexibility index (Phi) is 5.12. The molecular weight excluding hydrogens is 159 g/mol. The molecule has 0 unspecified atom stereocenters. The molecule has 0 aromatic heterocycles. The molecule has 43 valence electrons. The third-order valence-corrected chi connectivity index (χ3v) is 1.47. The standard InChI is InChI=1S/C6H10GeN/c1-3-5-8(7)6-4-2/h3-4H,1-2,5-6H2. The van der Waals surface area contributed by atoms with Gasteiger partial charge in [-0.25, -0.2) is 0 Å². The first-order chi connectivity index (χ1) is 3.81. The molecular formula is C6H10GeN. The summed E-state index contributed by atoms with van der Waals surface area (Å²) in [4.78, 5) is 0. The van der Waals surface area contributed by atoms with Crippen LogP contribution in [0.1, 0.15) is 0 Å². The molecule has 0 amide bonds. The summed E-state index contributed by atoms with van der Waals surface area (Å²) in [5.41, 5.74) is 0. The molecule has 0 bridgehead atoms. The van der Waals surface area contributed by atoms with Crippen LogP contribution in [0, 0.1) is 0 Å². The fourth-order valence-electron chi connectivity index (χ4n) is 0.386. The van der Waals surface area contributed by atoms with Crippen LogP contribution in [0.25, 0.3) is 0 Å². The van der Waals surface area contributed by atoms with E-state index in [2.05, 4.69) is 17.0 Å². The van der Waals surface area contributed by atoms with E-state index in [4.69, 9.17) is 0 Å². The van der Waals surface area contributed by atoms with Crippen LogP contribution < -0.4 is 0 Å². The molecule has 0 saturated heterocycles. The van der Waals surface area contributed by atoms with Crippen molar-refractivity contribution in [3.8, 4) is 0 Å². The Balaban J connectivity index is 3.16. The van der Waals surface area contributed by atoms with Gasteiger partial charge in [0.25, 0.3) is 0 Å². The molecule has 3 radical (unpaired) electrons. The van der Waals surface area contributed by atoms with Crippen LogP contribution in [0.3, 0.4) is 0 Å². The van der Waals surface area contributed by atoms with Crippen molar-refractivity contribution in [2.45, 2.75) is 0 Å². The quantitative estimate of drug-likeness (QED) is 0.443. The number of hydrogen-bond acceptors (Lipinski definition) is 1. The molecule has 1 nitrogen and oxygen atoms in total. The van der Waals surface area contributed by atoms with Crippen molar-refractivity contribution in [2.75, 3.05) is 13.1 Å². The van der Waals surface area contributed by atoms with Crippen LogP contribution in [0.5, 0.6) is 0 Å². The van der Waals surface area contributed by atoms with Gasteiger partial charge in [0.1, 0.15) is 0 Å². The van der Waals surface area contributed by atoms with Crippen LogP contribution in [-0.2, 0) is 0 Å². The van der Waals surface area contributed by atoms with Gasteiger partial charge < -0.3 is 0 Å². The van der Waals surface area contributed by atoms with Gasteiger partial charge in [-0.05, 0) is 0 Å². The molecule has 0 N–H and O–H groups in total.